The highest BCUT2D eigenvalue weighted by atomic mass is 16.5. The highest BCUT2D eigenvalue weighted by molar-refractivity contribution is 5.94. The van der Waals surface area contributed by atoms with Crippen LogP contribution in [0.2, 0.25) is 0 Å². The van der Waals surface area contributed by atoms with Crippen LogP contribution in [0.4, 0.5) is 5.82 Å². The molecule has 2 N–H and O–H groups in total. The number of carbonyl (C=O) groups is 1. The maximum Gasteiger partial charge on any atom is 0.253 e. The third kappa shape index (κ3) is 5.00. The molecule has 0 bridgehead atoms. The second-order valence-electron chi connectivity index (χ2n) is 7.63. The van der Waals surface area contributed by atoms with E-state index in [0.717, 1.165) is 31.0 Å². The van der Waals surface area contributed by atoms with Crippen molar-refractivity contribution in [3.8, 4) is 11.5 Å². The first-order valence-corrected chi connectivity index (χ1v) is 10.7. The van der Waals surface area contributed by atoms with Crippen molar-refractivity contribution in [3.63, 3.8) is 0 Å². The lowest BCUT2D eigenvalue weighted by atomic mass is 10.0. The van der Waals surface area contributed by atoms with Crippen molar-refractivity contribution in [2.24, 2.45) is 0 Å². The van der Waals surface area contributed by atoms with Crippen LogP contribution < -0.4 is 25.0 Å². The summed E-state index contributed by atoms with van der Waals surface area (Å²) in [5.74, 6) is 2.10. The molecule has 0 saturated carbocycles. The fourth-order valence-electron chi connectivity index (χ4n) is 3.87. The fourth-order valence-corrected chi connectivity index (χ4v) is 3.87. The summed E-state index contributed by atoms with van der Waals surface area (Å²) in [5, 5.41) is 6.49. The van der Waals surface area contributed by atoms with E-state index in [1.165, 1.54) is 5.56 Å². The number of nitrogens with one attached hydrogen (secondary N) is 2. The first-order chi connectivity index (χ1) is 15.7. The molecule has 166 valence electrons. The molecule has 0 spiro atoms. The minimum atomic E-state index is -0.184. The van der Waals surface area contributed by atoms with Crippen molar-refractivity contribution < 1.29 is 14.3 Å². The zero-order valence-electron chi connectivity index (χ0n) is 18.4. The van der Waals surface area contributed by atoms with E-state index in [9.17, 15) is 4.79 Å². The molecule has 1 unspecified atom stereocenters. The Balaban J connectivity index is 1.39. The molecule has 2 heterocycles. The lowest BCUT2D eigenvalue weighted by molar-refractivity contribution is 0.0950. The topological polar surface area (TPSA) is 75.7 Å². The Morgan fingerprint density at radius 2 is 1.97 bits per heavy atom. The molecule has 1 amide bonds. The molecule has 7 heteroatoms. The number of nitrogens with zero attached hydrogens (tertiary/aromatic N) is 2. The van der Waals surface area contributed by atoms with Gasteiger partial charge in [0.1, 0.15) is 17.3 Å². The number of carbonyl (C=O) groups excluding carboxylic acids is 1. The number of hydrogen-bond donors (Lipinski definition) is 2. The van der Waals surface area contributed by atoms with Crippen molar-refractivity contribution in [1.29, 1.82) is 0 Å². The van der Waals surface area contributed by atoms with Crippen molar-refractivity contribution in [3.05, 3.63) is 83.6 Å². The van der Waals surface area contributed by atoms with Gasteiger partial charge in [-0.3, -0.25) is 4.79 Å². The van der Waals surface area contributed by atoms with Crippen LogP contribution in [-0.2, 0) is 6.54 Å². The zero-order chi connectivity index (χ0) is 22.3. The number of ether oxygens (including phenoxy) is 2. The van der Waals surface area contributed by atoms with Gasteiger partial charge in [0, 0.05) is 44.0 Å². The van der Waals surface area contributed by atoms with Crippen LogP contribution in [0.15, 0.2) is 66.9 Å². The Labute approximate surface area is 188 Å². The predicted molar refractivity (Wildman–Crippen MR) is 124 cm³/mol. The van der Waals surface area contributed by atoms with E-state index in [-0.39, 0.29) is 11.9 Å². The molecule has 0 radical (unpaired) electrons. The molecule has 1 aliphatic rings. The van der Waals surface area contributed by atoms with E-state index in [1.807, 2.05) is 36.4 Å². The molecule has 32 heavy (non-hydrogen) atoms. The summed E-state index contributed by atoms with van der Waals surface area (Å²) in [4.78, 5) is 19.5. The zero-order valence-corrected chi connectivity index (χ0v) is 18.4. The normalized spacial score (nSPS) is 15.8. The number of piperazine rings is 1. The molecule has 1 atom stereocenters. The van der Waals surface area contributed by atoms with E-state index in [4.69, 9.17) is 9.47 Å². The summed E-state index contributed by atoms with van der Waals surface area (Å²) >= 11 is 0. The van der Waals surface area contributed by atoms with E-state index in [0.29, 0.717) is 23.6 Å². The Morgan fingerprint density at radius 3 is 2.69 bits per heavy atom. The molecule has 4 rings (SSSR count). The second kappa shape index (κ2) is 10.2. The van der Waals surface area contributed by atoms with Crippen molar-refractivity contribution >= 4 is 11.7 Å². The standard InChI is InChI=1S/C25H28N4O3/c1-31-21-9-10-23(32-2)20(14-21)16-28-25(30)19-8-11-24(27-15-19)29-13-12-26-22(17-29)18-6-4-3-5-7-18/h3-11,14-15,22,26H,12-13,16-17H2,1-2H3,(H,28,30). The summed E-state index contributed by atoms with van der Waals surface area (Å²) in [6.45, 7) is 2.92. The smallest absolute Gasteiger partial charge is 0.253 e. The van der Waals surface area contributed by atoms with Gasteiger partial charge in [-0.1, -0.05) is 30.3 Å². The average molecular weight is 433 g/mol. The maximum atomic E-state index is 12.6. The summed E-state index contributed by atoms with van der Waals surface area (Å²) < 4.78 is 10.6. The second-order valence-corrected chi connectivity index (χ2v) is 7.63. The van der Waals surface area contributed by atoms with Crippen LogP contribution in [0.3, 0.4) is 0 Å². The Bertz CT molecular complexity index is 1040. The van der Waals surface area contributed by atoms with Crippen LogP contribution >= 0.6 is 0 Å². The van der Waals surface area contributed by atoms with Gasteiger partial charge in [-0.2, -0.15) is 0 Å². The minimum Gasteiger partial charge on any atom is -0.497 e. The van der Waals surface area contributed by atoms with Gasteiger partial charge in [0.05, 0.1) is 19.8 Å². The van der Waals surface area contributed by atoms with Gasteiger partial charge in [0.2, 0.25) is 0 Å². The van der Waals surface area contributed by atoms with E-state index in [1.54, 1.807) is 20.4 Å². The van der Waals surface area contributed by atoms with Gasteiger partial charge in [0.15, 0.2) is 0 Å². The van der Waals surface area contributed by atoms with Crippen LogP contribution in [0, 0.1) is 0 Å². The number of benzene rings is 2. The average Bonchev–Trinajstić information content (AvgIpc) is 2.87. The lowest BCUT2D eigenvalue weighted by Crippen LogP contribution is -2.46. The molecule has 0 aliphatic carbocycles. The number of pyridine rings is 1. The number of anilines is 1. The van der Waals surface area contributed by atoms with Crippen LogP contribution in [0.5, 0.6) is 11.5 Å². The van der Waals surface area contributed by atoms with E-state index < -0.39 is 0 Å². The summed E-state index contributed by atoms with van der Waals surface area (Å²) in [6, 6.07) is 19.9. The molecular weight excluding hydrogens is 404 g/mol. The largest absolute Gasteiger partial charge is 0.497 e. The molecule has 7 nitrogen and oxygen atoms in total. The molecule has 1 aromatic heterocycles. The summed E-state index contributed by atoms with van der Waals surface area (Å²) in [6.07, 6.45) is 1.63. The van der Waals surface area contributed by atoms with Gasteiger partial charge in [-0.05, 0) is 35.9 Å². The van der Waals surface area contributed by atoms with Crippen molar-refractivity contribution in [2.75, 3.05) is 38.8 Å². The Morgan fingerprint density at radius 1 is 1.12 bits per heavy atom. The third-order valence-electron chi connectivity index (χ3n) is 5.64. The first kappa shape index (κ1) is 21.6. The lowest BCUT2D eigenvalue weighted by Gasteiger charge is -2.34. The molecule has 1 aliphatic heterocycles. The van der Waals surface area contributed by atoms with Gasteiger partial charge in [-0.15, -0.1) is 0 Å². The molecule has 2 aromatic carbocycles. The number of methoxy groups -OCH3 is 2. The van der Waals surface area contributed by atoms with E-state index >= 15 is 0 Å². The molecule has 1 fully saturated rings. The fraction of sp³-hybridized carbons (Fsp3) is 0.280. The van der Waals surface area contributed by atoms with Crippen LogP contribution in [0.1, 0.15) is 27.5 Å². The van der Waals surface area contributed by atoms with Gasteiger partial charge >= 0.3 is 0 Å². The molecular formula is C25H28N4O3. The third-order valence-corrected chi connectivity index (χ3v) is 5.64. The number of rotatable bonds is 7. The van der Waals surface area contributed by atoms with Gasteiger partial charge < -0.3 is 25.0 Å². The quantitative estimate of drug-likeness (QED) is 0.597. The molecule has 3 aromatic rings. The maximum absolute atomic E-state index is 12.6. The predicted octanol–water partition coefficient (Wildman–Crippen LogP) is 3.18. The monoisotopic (exact) mass is 432 g/mol. The van der Waals surface area contributed by atoms with Crippen LogP contribution in [0.25, 0.3) is 0 Å². The highest BCUT2D eigenvalue weighted by Crippen LogP contribution is 2.24. The minimum absolute atomic E-state index is 0.184. The van der Waals surface area contributed by atoms with Gasteiger partial charge in [-0.25, -0.2) is 4.98 Å². The number of aromatic nitrogens is 1. The van der Waals surface area contributed by atoms with Crippen molar-refractivity contribution in [2.45, 2.75) is 12.6 Å². The molecule has 1 saturated heterocycles. The van der Waals surface area contributed by atoms with Crippen molar-refractivity contribution in [1.82, 2.24) is 15.6 Å². The number of amides is 1. The van der Waals surface area contributed by atoms with Crippen LogP contribution in [-0.4, -0.2) is 44.7 Å². The summed E-state index contributed by atoms with van der Waals surface area (Å²) in [5.41, 5.74) is 2.63. The SMILES string of the molecule is COc1ccc(OC)c(CNC(=O)c2ccc(N3CCNC(c4ccccc4)C3)nc2)c1. The van der Waals surface area contributed by atoms with Gasteiger partial charge in [0.25, 0.3) is 5.91 Å². The van der Waals surface area contributed by atoms with E-state index in [2.05, 4.69) is 44.8 Å². The Hall–Kier alpha value is -3.58. The highest BCUT2D eigenvalue weighted by Gasteiger charge is 2.21. The Kier molecular flexibility index (Phi) is 6.87. The first-order valence-electron chi connectivity index (χ1n) is 10.7. The summed E-state index contributed by atoms with van der Waals surface area (Å²) in [7, 11) is 3.21. The number of hydrogen-bond acceptors (Lipinski definition) is 6.